The average Bonchev–Trinajstić information content (AvgIpc) is 1.59. The van der Waals surface area contributed by atoms with Gasteiger partial charge in [0.15, 0.2) is 0 Å². The highest BCUT2D eigenvalue weighted by Crippen LogP contribution is 2.15. The number of halogens is 3. The number of alkyl halides is 3. The summed E-state index contributed by atoms with van der Waals surface area (Å²) in [7, 11) is 0. The SMILES string of the molecule is C#CC=CC(F)(F)F. The Kier molecular flexibility index (Phi) is 2.14. The van der Waals surface area contributed by atoms with Crippen LogP contribution in [0.25, 0.3) is 0 Å². The molecule has 0 bridgehead atoms. The number of allylic oxidation sites excluding steroid dienone is 2. The first-order valence-electron chi connectivity index (χ1n) is 1.77. The van der Waals surface area contributed by atoms with Crippen LogP contribution in [0.5, 0.6) is 0 Å². The van der Waals surface area contributed by atoms with Crippen molar-refractivity contribution in [3.8, 4) is 12.3 Å². The molecule has 44 valence electrons. The van der Waals surface area contributed by atoms with Gasteiger partial charge in [-0.05, 0) is 6.08 Å². The summed E-state index contributed by atoms with van der Waals surface area (Å²) in [5, 5.41) is 0. The Morgan fingerprint density at radius 3 is 2.00 bits per heavy atom. The van der Waals surface area contributed by atoms with E-state index in [1.54, 1.807) is 5.92 Å². The predicted octanol–water partition coefficient (Wildman–Crippen LogP) is 1.74. The maximum Gasteiger partial charge on any atom is 0.410 e. The second kappa shape index (κ2) is 2.41. The molecule has 0 fully saturated rings. The second-order valence-corrected chi connectivity index (χ2v) is 1.04. The van der Waals surface area contributed by atoms with Gasteiger partial charge in [-0.15, -0.1) is 6.42 Å². The first-order chi connectivity index (χ1) is 3.56. The molecule has 0 radical (unpaired) electrons. The molecule has 0 aliphatic rings. The lowest BCUT2D eigenvalue weighted by Crippen LogP contribution is -1.99. The minimum Gasteiger partial charge on any atom is -0.167 e. The molecule has 0 heterocycles. The lowest BCUT2D eigenvalue weighted by Gasteiger charge is -1.93. The zero-order valence-corrected chi connectivity index (χ0v) is 3.87. The van der Waals surface area contributed by atoms with Crippen LogP contribution in [-0.4, -0.2) is 6.18 Å². The average molecular weight is 120 g/mol. The van der Waals surface area contributed by atoms with E-state index in [1.165, 1.54) is 0 Å². The molecule has 0 aliphatic carbocycles. The third kappa shape index (κ3) is 5.09. The summed E-state index contributed by atoms with van der Waals surface area (Å²) < 4.78 is 33.2. The Balaban J connectivity index is 3.75. The topological polar surface area (TPSA) is 0 Å². The number of hydrogen-bond donors (Lipinski definition) is 0. The van der Waals surface area contributed by atoms with E-state index in [-0.39, 0.29) is 6.08 Å². The highest BCUT2D eigenvalue weighted by atomic mass is 19.4. The molecule has 0 aromatic heterocycles. The van der Waals surface area contributed by atoms with E-state index in [2.05, 4.69) is 6.42 Å². The lowest BCUT2D eigenvalue weighted by atomic mass is 10.5. The standard InChI is InChI=1S/C5H3F3/c1-2-3-4-5(6,7)8/h1,3-4H. The lowest BCUT2D eigenvalue weighted by molar-refractivity contribution is -0.0797. The summed E-state index contributed by atoms with van der Waals surface area (Å²) in [4.78, 5) is 0. The molecule has 0 amide bonds. The number of hydrogen-bond acceptors (Lipinski definition) is 0. The third-order valence-corrected chi connectivity index (χ3v) is 0.369. The summed E-state index contributed by atoms with van der Waals surface area (Å²) >= 11 is 0. The van der Waals surface area contributed by atoms with Gasteiger partial charge in [0.2, 0.25) is 0 Å². The molecule has 0 nitrogen and oxygen atoms in total. The zero-order chi connectivity index (χ0) is 6.62. The van der Waals surface area contributed by atoms with Gasteiger partial charge in [0, 0.05) is 6.08 Å². The summed E-state index contributed by atoms with van der Waals surface area (Å²) in [6, 6.07) is 0. The molecule has 0 aromatic rings. The first-order valence-corrected chi connectivity index (χ1v) is 1.77. The van der Waals surface area contributed by atoms with E-state index in [4.69, 9.17) is 0 Å². The van der Waals surface area contributed by atoms with Crippen molar-refractivity contribution in [2.75, 3.05) is 0 Å². The Hall–Kier alpha value is -0.910. The minimum atomic E-state index is -4.27. The number of terminal acetylenes is 1. The second-order valence-electron chi connectivity index (χ2n) is 1.04. The van der Waals surface area contributed by atoms with Crippen LogP contribution in [0.15, 0.2) is 12.2 Å². The Morgan fingerprint density at radius 2 is 1.88 bits per heavy atom. The first kappa shape index (κ1) is 7.09. The summed E-state index contributed by atoms with van der Waals surface area (Å²) in [6.07, 6.45) is 0.845. The molecule has 3 heteroatoms. The molecule has 0 saturated heterocycles. The molecule has 0 unspecified atom stereocenters. The molecule has 0 atom stereocenters. The van der Waals surface area contributed by atoms with Crippen molar-refractivity contribution in [3.05, 3.63) is 12.2 Å². The smallest absolute Gasteiger partial charge is 0.167 e. The van der Waals surface area contributed by atoms with Gasteiger partial charge in [0.1, 0.15) is 0 Å². The van der Waals surface area contributed by atoms with Gasteiger partial charge in [-0.2, -0.15) is 13.2 Å². The molecule has 0 spiro atoms. The maximum atomic E-state index is 11.1. The third-order valence-electron chi connectivity index (χ3n) is 0.369. The zero-order valence-electron chi connectivity index (χ0n) is 3.87. The van der Waals surface area contributed by atoms with E-state index in [9.17, 15) is 13.2 Å². The number of rotatable bonds is 0. The van der Waals surface area contributed by atoms with E-state index in [1.807, 2.05) is 0 Å². The molecule has 0 aromatic carbocycles. The van der Waals surface area contributed by atoms with Crippen LogP contribution < -0.4 is 0 Å². The van der Waals surface area contributed by atoms with Crippen LogP contribution in [-0.2, 0) is 0 Å². The van der Waals surface area contributed by atoms with Gasteiger partial charge in [0.05, 0.1) is 0 Å². The Morgan fingerprint density at radius 1 is 1.38 bits per heavy atom. The van der Waals surface area contributed by atoms with Crippen molar-refractivity contribution in [2.24, 2.45) is 0 Å². The summed E-state index contributed by atoms with van der Waals surface area (Å²) in [6.45, 7) is 0. The van der Waals surface area contributed by atoms with Gasteiger partial charge in [-0.3, -0.25) is 0 Å². The molecule has 8 heavy (non-hydrogen) atoms. The van der Waals surface area contributed by atoms with E-state index in [0.717, 1.165) is 0 Å². The van der Waals surface area contributed by atoms with Crippen molar-refractivity contribution in [1.29, 1.82) is 0 Å². The van der Waals surface area contributed by atoms with Crippen molar-refractivity contribution in [1.82, 2.24) is 0 Å². The summed E-state index contributed by atoms with van der Waals surface area (Å²) in [5.41, 5.74) is 0. The van der Waals surface area contributed by atoms with Gasteiger partial charge < -0.3 is 0 Å². The van der Waals surface area contributed by atoms with Gasteiger partial charge in [-0.1, -0.05) is 5.92 Å². The van der Waals surface area contributed by atoms with Crippen molar-refractivity contribution >= 4 is 0 Å². The van der Waals surface area contributed by atoms with E-state index < -0.39 is 6.18 Å². The minimum absolute atomic E-state index is 0.00694. The van der Waals surface area contributed by atoms with Crippen LogP contribution in [0.2, 0.25) is 0 Å². The molecular weight excluding hydrogens is 117 g/mol. The van der Waals surface area contributed by atoms with E-state index in [0.29, 0.717) is 6.08 Å². The van der Waals surface area contributed by atoms with Crippen LogP contribution in [0.3, 0.4) is 0 Å². The maximum absolute atomic E-state index is 11.1. The van der Waals surface area contributed by atoms with Crippen LogP contribution in [0.1, 0.15) is 0 Å². The fourth-order valence-corrected chi connectivity index (χ4v) is 0.143. The fourth-order valence-electron chi connectivity index (χ4n) is 0.143. The summed E-state index contributed by atoms with van der Waals surface area (Å²) in [5.74, 6) is 1.72. The fraction of sp³-hybridized carbons (Fsp3) is 0.200. The van der Waals surface area contributed by atoms with Gasteiger partial charge in [0.25, 0.3) is 0 Å². The van der Waals surface area contributed by atoms with Crippen LogP contribution in [0.4, 0.5) is 13.2 Å². The van der Waals surface area contributed by atoms with E-state index >= 15 is 0 Å². The molecule has 0 N–H and O–H groups in total. The van der Waals surface area contributed by atoms with Crippen LogP contribution >= 0.6 is 0 Å². The Bertz CT molecular complexity index is 124. The van der Waals surface area contributed by atoms with Gasteiger partial charge in [-0.25, -0.2) is 0 Å². The normalized spacial score (nSPS) is 11.8. The molecule has 0 aliphatic heterocycles. The van der Waals surface area contributed by atoms with Crippen molar-refractivity contribution in [3.63, 3.8) is 0 Å². The predicted molar refractivity (Wildman–Crippen MR) is 24.0 cm³/mol. The Labute approximate surface area is 45.0 Å². The van der Waals surface area contributed by atoms with Gasteiger partial charge >= 0.3 is 6.18 Å². The highest BCUT2D eigenvalue weighted by Gasteiger charge is 2.21. The molecular formula is C5H3F3. The highest BCUT2D eigenvalue weighted by molar-refractivity contribution is 5.10. The van der Waals surface area contributed by atoms with Crippen molar-refractivity contribution < 1.29 is 13.2 Å². The largest absolute Gasteiger partial charge is 0.410 e. The molecule has 0 saturated carbocycles. The van der Waals surface area contributed by atoms with Crippen LogP contribution in [0, 0.1) is 12.3 Å². The monoisotopic (exact) mass is 120 g/mol. The molecule has 0 rings (SSSR count). The van der Waals surface area contributed by atoms with Crippen molar-refractivity contribution in [2.45, 2.75) is 6.18 Å². The quantitative estimate of drug-likeness (QED) is 0.427.